The summed E-state index contributed by atoms with van der Waals surface area (Å²) in [5.41, 5.74) is 0.921. The molecule has 1 saturated heterocycles. The summed E-state index contributed by atoms with van der Waals surface area (Å²) in [4.78, 5) is 24.9. The van der Waals surface area contributed by atoms with Crippen LogP contribution in [0.5, 0.6) is 11.5 Å². The number of hydrogen-bond donors (Lipinski definition) is 1. The molecule has 3 rings (SSSR count). The maximum atomic E-state index is 12.1. The Balaban J connectivity index is 1.94. The van der Waals surface area contributed by atoms with E-state index in [1.54, 1.807) is 18.2 Å². The Morgan fingerprint density at radius 1 is 1.33 bits per heavy atom. The van der Waals surface area contributed by atoms with Crippen molar-refractivity contribution < 1.29 is 19.1 Å². The molecule has 0 spiro atoms. The minimum atomic E-state index is -0.456. The summed E-state index contributed by atoms with van der Waals surface area (Å²) in [6.45, 7) is 3.87. The molecule has 1 aromatic carbocycles. The molecule has 1 fully saturated rings. The van der Waals surface area contributed by atoms with Crippen molar-refractivity contribution in [3.8, 4) is 11.5 Å². The fourth-order valence-electron chi connectivity index (χ4n) is 2.07. The third-order valence-corrected chi connectivity index (χ3v) is 3.75. The van der Waals surface area contributed by atoms with E-state index >= 15 is 0 Å². The second-order valence-corrected chi connectivity index (χ2v) is 5.27. The zero-order valence-electron chi connectivity index (χ0n) is 10.9. The number of urea groups is 1. The fourth-order valence-corrected chi connectivity index (χ4v) is 2.50. The van der Waals surface area contributed by atoms with Gasteiger partial charge in [0.25, 0.3) is 5.91 Å². The van der Waals surface area contributed by atoms with Gasteiger partial charge in [0.1, 0.15) is 5.70 Å². The van der Waals surface area contributed by atoms with E-state index in [1.165, 1.54) is 6.08 Å². The molecule has 1 aromatic rings. The lowest BCUT2D eigenvalue weighted by Gasteiger charge is -2.07. The lowest BCUT2D eigenvalue weighted by Crippen LogP contribution is -2.30. The maximum Gasteiger partial charge on any atom is 0.329 e. The molecule has 2 aliphatic heterocycles. The van der Waals surface area contributed by atoms with E-state index in [2.05, 4.69) is 27.8 Å². The molecule has 0 radical (unpaired) electrons. The van der Waals surface area contributed by atoms with Gasteiger partial charge in [0.15, 0.2) is 11.5 Å². The second-order valence-electron chi connectivity index (χ2n) is 4.42. The van der Waals surface area contributed by atoms with Crippen LogP contribution >= 0.6 is 15.9 Å². The SMILES string of the molecule is C=CCN1C(=O)N/C(=C/c2cc3c(cc2Br)OCO3)C1=O. The fraction of sp³-hybridized carbons (Fsp3) is 0.143. The number of rotatable bonds is 3. The van der Waals surface area contributed by atoms with Crippen LogP contribution in [0.1, 0.15) is 5.56 Å². The van der Waals surface area contributed by atoms with Crippen LogP contribution < -0.4 is 14.8 Å². The van der Waals surface area contributed by atoms with Crippen LogP contribution in [0.4, 0.5) is 4.79 Å². The number of carbonyl (C=O) groups is 2. The third kappa shape index (κ3) is 2.40. The summed E-state index contributed by atoms with van der Waals surface area (Å²) in [7, 11) is 0. The predicted octanol–water partition coefficient (Wildman–Crippen LogP) is 2.26. The normalized spacial score (nSPS) is 18.3. The van der Waals surface area contributed by atoms with Crippen LogP contribution in [0.3, 0.4) is 0 Å². The first-order chi connectivity index (χ1) is 10.1. The van der Waals surface area contributed by atoms with Crippen molar-refractivity contribution in [1.82, 2.24) is 10.2 Å². The second kappa shape index (κ2) is 5.25. The van der Waals surface area contributed by atoms with Gasteiger partial charge in [-0.2, -0.15) is 0 Å². The average molecular weight is 351 g/mol. The molecule has 2 heterocycles. The van der Waals surface area contributed by atoms with E-state index in [1.807, 2.05) is 0 Å². The van der Waals surface area contributed by atoms with Gasteiger partial charge in [0, 0.05) is 11.0 Å². The van der Waals surface area contributed by atoms with Gasteiger partial charge in [-0.05, 0) is 23.8 Å². The molecule has 6 nitrogen and oxygen atoms in total. The summed E-state index contributed by atoms with van der Waals surface area (Å²) >= 11 is 3.40. The first-order valence-electron chi connectivity index (χ1n) is 6.14. The van der Waals surface area contributed by atoms with Gasteiger partial charge in [-0.3, -0.25) is 9.69 Å². The van der Waals surface area contributed by atoms with E-state index in [-0.39, 0.29) is 24.9 Å². The molecule has 0 aliphatic carbocycles. The van der Waals surface area contributed by atoms with Crippen LogP contribution in [0.15, 0.2) is 35.0 Å². The minimum Gasteiger partial charge on any atom is -0.454 e. The number of halogens is 1. The Bertz CT molecular complexity index is 684. The number of carbonyl (C=O) groups excluding carboxylic acids is 2. The van der Waals surface area contributed by atoms with Crippen molar-refractivity contribution >= 4 is 33.9 Å². The average Bonchev–Trinajstić information content (AvgIpc) is 2.99. The number of nitrogens with zero attached hydrogens (tertiary/aromatic N) is 1. The number of amides is 3. The number of hydrogen-bond acceptors (Lipinski definition) is 4. The molecule has 1 N–H and O–H groups in total. The molecular weight excluding hydrogens is 340 g/mol. The van der Waals surface area contributed by atoms with Crippen molar-refractivity contribution in [3.63, 3.8) is 0 Å². The van der Waals surface area contributed by atoms with Crippen molar-refractivity contribution in [1.29, 1.82) is 0 Å². The summed E-state index contributed by atoms with van der Waals surface area (Å²) in [5.74, 6) is 0.855. The summed E-state index contributed by atoms with van der Waals surface area (Å²) < 4.78 is 11.3. The quantitative estimate of drug-likeness (QED) is 0.515. The highest BCUT2D eigenvalue weighted by Gasteiger charge is 2.32. The summed E-state index contributed by atoms with van der Waals surface area (Å²) in [5, 5.41) is 2.54. The number of benzene rings is 1. The predicted molar refractivity (Wildman–Crippen MR) is 78.7 cm³/mol. The molecule has 2 aliphatic rings. The Kier molecular flexibility index (Phi) is 3.42. The maximum absolute atomic E-state index is 12.1. The van der Waals surface area contributed by atoms with E-state index in [9.17, 15) is 9.59 Å². The van der Waals surface area contributed by atoms with Crippen molar-refractivity contribution in [2.24, 2.45) is 0 Å². The molecule has 3 amide bonds. The lowest BCUT2D eigenvalue weighted by molar-refractivity contribution is -0.122. The van der Waals surface area contributed by atoms with Crippen LogP contribution in [0.25, 0.3) is 6.08 Å². The van der Waals surface area contributed by atoms with Crippen molar-refractivity contribution in [3.05, 3.63) is 40.5 Å². The highest BCUT2D eigenvalue weighted by molar-refractivity contribution is 9.10. The number of nitrogens with one attached hydrogen (secondary N) is 1. The van der Waals surface area contributed by atoms with Crippen LogP contribution in [0.2, 0.25) is 0 Å². The van der Waals surface area contributed by atoms with E-state index < -0.39 is 6.03 Å². The van der Waals surface area contributed by atoms with Gasteiger partial charge in [0.05, 0.1) is 0 Å². The zero-order valence-corrected chi connectivity index (χ0v) is 12.5. The summed E-state index contributed by atoms with van der Waals surface area (Å²) in [6, 6.07) is 3.05. The lowest BCUT2D eigenvalue weighted by atomic mass is 10.1. The smallest absolute Gasteiger partial charge is 0.329 e. The largest absolute Gasteiger partial charge is 0.454 e. The van der Waals surface area contributed by atoms with Gasteiger partial charge in [-0.25, -0.2) is 4.79 Å². The van der Waals surface area contributed by atoms with Gasteiger partial charge >= 0.3 is 6.03 Å². The van der Waals surface area contributed by atoms with Gasteiger partial charge in [-0.1, -0.05) is 22.0 Å². The molecule has 0 unspecified atom stereocenters. The highest BCUT2D eigenvalue weighted by Crippen LogP contribution is 2.37. The number of imide groups is 1. The summed E-state index contributed by atoms with van der Waals surface area (Å²) in [6.07, 6.45) is 3.09. The standard InChI is InChI=1S/C14H11BrN2O4/c1-2-3-17-13(18)10(16-14(17)19)4-8-5-11-12(6-9(8)15)21-7-20-11/h2,4-6H,1,3,7H2,(H,16,19)/b10-4+. The molecule has 0 atom stereocenters. The Labute approximate surface area is 129 Å². The number of ether oxygens (including phenoxy) is 2. The highest BCUT2D eigenvalue weighted by atomic mass is 79.9. The molecule has 21 heavy (non-hydrogen) atoms. The van der Waals surface area contributed by atoms with E-state index in [4.69, 9.17) is 9.47 Å². The third-order valence-electron chi connectivity index (χ3n) is 3.07. The van der Waals surface area contributed by atoms with Crippen LogP contribution in [-0.4, -0.2) is 30.2 Å². The monoisotopic (exact) mass is 350 g/mol. The van der Waals surface area contributed by atoms with Crippen molar-refractivity contribution in [2.75, 3.05) is 13.3 Å². The molecule has 0 bridgehead atoms. The first-order valence-corrected chi connectivity index (χ1v) is 6.94. The molecule has 108 valence electrons. The van der Waals surface area contributed by atoms with E-state index in [0.29, 0.717) is 17.1 Å². The molecule has 0 aromatic heterocycles. The Hall–Kier alpha value is -2.28. The van der Waals surface area contributed by atoms with Gasteiger partial charge < -0.3 is 14.8 Å². The van der Waals surface area contributed by atoms with Gasteiger partial charge in [0.2, 0.25) is 6.79 Å². The molecule has 0 saturated carbocycles. The van der Waals surface area contributed by atoms with Crippen LogP contribution in [0, 0.1) is 0 Å². The topological polar surface area (TPSA) is 67.9 Å². The van der Waals surface area contributed by atoms with E-state index in [0.717, 1.165) is 9.37 Å². The molecular formula is C14H11BrN2O4. The number of fused-ring (bicyclic) bond motifs is 1. The molecule has 7 heteroatoms. The first kappa shape index (κ1) is 13.7. The van der Waals surface area contributed by atoms with Crippen LogP contribution in [-0.2, 0) is 4.79 Å². The Morgan fingerprint density at radius 2 is 2.05 bits per heavy atom. The van der Waals surface area contributed by atoms with Crippen molar-refractivity contribution in [2.45, 2.75) is 0 Å². The minimum absolute atomic E-state index is 0.171. The zero-order chi connectivity index (χ0) is 15.0. The Morgan fingerprint density at radius 3 is 2.76 bits per heavy atom. The van der Waals surface area contributed by atoms with Gasteiger partial charge in [-0.15, -0.1) is 6.58 Å².